The summed E-state index contributed by atoms with van der Waals surface area (Å²) >= 11 is 0.794. The van der Waals surface area contributed by atoms with E-state index in [9.17, 15) is 13.2 Å². The van der Waals surface area contributed by atoms with Crippen molar-refractivity contribution in [2.45, 2.75) is 30.0 Å². The van der Waals surface area contributed by atoms with E-state index in [0.29, 0.717) is 11.5 Å². The zero-order chi connectivity index (χ0) is 16.6. The first-order valence-corrected chi connectivity index (χ1v) is 9.59. The van der Waals surface area contributed by atoms with E-state index in [1.54, 1.807) is 6.92 Å². The van der Waals surface area contributed by atoms with Gasteiger partial charge in [0.05, 0.1) is 0 Å². The molecule has 0 saturated heterocycles. The van der Waals surface area contributed by atoms with Crippen molar-refractivity contribution in [3.05, 3.63) is 52.4 Å². The Balaban J connectivity index is 1.90. The summed E-state index contributed by atoms with van der Waals surface area (Å²) in [6.07, 6.45) is 1.98. The molecule has 0 amide bonds. The number of hydrogen-bond donors (Lipinski definition) is 2. The van der Waals surface area contributed by atoms with E-state index in [4.69, 9.17) is 5.11 Å². The van der Waals surface area contributed by atoms with Crippen molar-refractivity contribution in [2.24, 2.45) is 5.92 Å². The van der Waals surface area contributed by atoms with E-state index in [1.807, 2.05) is 30.3 Å². The number of carbonyl (C=O) groups is 1. The third-order valence-electron chi connectivity index (χ3n) is 3.89. The quantitative estimate of drug-likeness (QED) is 0.837. The zero-order valence-corrected chi connectivity index (χ0v) is 14.2. The van der Waals surface area contributed by atoms with Gasteiger partial charge in [-0.3, -0.25) is 0 Å². The average Bonchev–Trinajstić information content (AvgIpc) is 3.27. The van der Waals surface area contributed by atoms with Crippen LogP contribution in [-0.4, -0.2) is 19.5 Å². The first kappa shape index (κ1) is 16.2. The Hall–Kier alpha value is -1.70. The molecule has 1 aliphatic carbocycles. The molecule has 1 saturated carbocycles. The van der Waals surface area contributed by atoms with Crippen LogP contribution < -0.4 is 4.72 Å². The lowest BCUT2D eigenvalue weighted by atomic mass is 10.0. The van der Waals surface area contributed by atoms with E-state index < -0.39 is 16.0 Å². The van der Waals surface area contributed by atoms with Crippen LogP contribution in [0.15, 0.2) is 40.6 Å². The summed E-state index contributed by atoms with van der Waals surface area (Å²) in [5.41, 5.74) is 1.40. The number of aromatic carboxylic acids is 1. The highest BCUT2D eigenvalue weighted by Crippen LogP contribution is 2.42. The minimum absolute atomic E-state index is 0.0500. The summed E-state index contributed by atoms with van der Waals surface area (Å²) in [6.45, 7) is 1.61. The van der Waals surface area contributed by atoms with Gasteiger partial charge in [0.25, 0.3) is 10.0 Å². The minimum Gasteiger partial charge on any atom is -0.477 e. The van der Waals surface area contributed by atoms with E-state index >= 15 is 0 Å². The van der Waals surface area contributed by atoms with Crippen molar-refractivity contribution in [3.63, 3.8) is 0 Å². The third kappa shape index (κ3) is 3.46. The smallest absolute Gasteiger partial charge is 0.346 e. The second-order valence-corrected chi connectivity index (χ2v) is 8.72. The van der Waals surface area contributed by atoms with E-state index in [1.165, 1.54) is 6.07 Å². The largest absolute Gasteiger partial charge is 0.477 e. The van der Waals surface area contributed by atoms with Crippen molar-refractivity contribution in [1.82, 2.24) is 4.72 Å². The lowest BCUT2D eigenvalue weighted by molar-refractivity contribution is 0.0701. The van der Waals surface area contributed by atoms with Crippen molar-refractivity contribution in [3.8, 4) is 0 Å². The highest BCUT2D eigenvalue weighted by atomic mass is 32.2. The highest BCUT2D eigenvalue weighted by molar-refractivity contribution is 7.91. The lowest BCUT2D eigenvalue weighted by Crippen LogP contribution is -2.29. The summed E-state index contributed by atoms with van der Waals surface area (Å²) in [5, 5.41) is 9.10. The zero-order valence-electron chi connectivity index (χ0n) is 12.5. The SMILES string of the molecule is Cc1cc(S(=O)(=O)NC(c2ccccc2)C2CC2)sc1C(=O)O. The van der Waals surface area contributed by atoms with Gasteiger partial charge >= 0.3 is 5.97 Å². The maximum atomic E-state index is 12.6. The molecule has 0 radical (unpaired) electrons. The Morgan fingerprint density at radius 1 is 1.30 bits per heavy atom. The molecule has 0 bridgehead atoms. The fourth-order valence-electron chi connectivity index (χ4n) is 2.55. The molecule has 7 heteroatoms. The molecule has 0 aliphatic heterocycles. The fourth-order valence-corrected chi connectivity index (χ4v) is 5.24. The first-order valence-electron chi connectivity index (χ1n) is 7.29. The fraction of sp³-hybridized carbons (Fsp3) is 0.312. The van der Waals surface area contributed by atoms with Crippen molar-refractivity contribution in [2.75, 3.05) is 0 Å². The molecule has 1 fully saturated rings. The normalized spacial score (nSPS) is 16.2. The number of sulfonamides is 1. The molecule has 1 heterocycles. The van der Waals surface area contributed by atoms with Crippen LogP contribution in [0.2, 0.25) is 0 Å². The number of thiophene rings is 1. The number of hydrogen-bond acceptors (Lipinski definition) is 4. The molecular weight excluding hydrogens is 334 g/mol. The van der Waals surface area contributed by atoms with Gasteiger partial charge in [0.1, 0.15) is 9.09 Å². The van der Waals surface area contributed by atoms with Crippen LogP contribution in [0.1, 0.15) is 39.7 Å². The summed E-state index contributed by atoms with van der Waals surface area (Å²) in [5.74, 6) is -0.803. The molecule has 5 nitrogen and oxygen atoms in total. The van der Waals surface area contributed by atoms with E-state index in [2.05, 4.69) is 4.72 Å². The summed E-state index contributed by atoms with van der Waals surface area (Å²) in [7, 11) is -3.74. The Morgan fingerprint density at radius 2 is 1.96 bits per heavy atom. The van der Waals surface area contributed by atoms with Gasteiger partial charge in [-0.25, -0.2) is 17.9 Å². The predicted octanol–water partition coefficient (Wildman–Crippen LogP) is 3.18. The number of benzene rings is 1. The number of carboxylic acid groups (broad SMARTS) is 1. The summed E-state index contributed by atoms with van der Waals surface area (Å²) < 4.78 is 28.1. The predicted molar refractivity (Wildman–Crippen MR) is 88.2 cm³/mol. The van der Waals surface area contributed by atoms with Gasteiger partial charge in [-0.1, -0.05) is 30.3 Å². The van der Waals surface area contributed by atoms with Gasteiger partial charge in [-0.15, -0.1) is 11.3 Å². The third-order valence-corrected chi connectivity index (χ3v) is 7.03. The molecule has 2 aromatic rings. The van der Waals surface area contributed by atoms with Gasteiger partial charge in [-0.2, -0.15) is 0 Å². The molecule has 1 aliphatic rings. The molecule has 3 rings (SSSR count). The number of rotatable bonds is 6. The van der Waals surface area contributed by atoms with Crippen LogP contribution in [0.3, 0.4) is 0 Å². The van der Waals surface area contributed by atoms with E-state index in [0.717, 1.165) is 29.7 Å². The molecule has 1 atom stereocenters. The minimum atomic E-state index is -3.74. The maximum absolute atomic E-state index is 12.6. The molecule has 2 N–H and O–H groups in total. The topological polar surface area (TPSA) is 83.5 Å². The molecule has 1 aromatic heterocycles. The van der Waals surface area contributed by atoms with Crippen molar-refractivity contribution >= 4 is 27.3 Å². The second kappa shape index (κ2) is 6.07. The number of carboxylic acids is 1. The Morgan fingerprint density at radius 3 is 2.48 bits per heavy atom. The van der Waals surface area contributed by atoms with Crippen LogP contribution in [0.25, 0.3) is 0 Å². The summed E-state index contributed by atoms with van der Waals surface area (Å²) in [6, 6.07) is 10.6. The number of nitrogens with one attached hydrogen (secondary N) is 1. The van der Waals surface area contributed by atoms with Gasteiger partial charge < -0.3 is 5.11 Å². The van der Waals surface area contributed by atoms with Crippen LogP contribution in [0, 0.1) is 12.8 Å². The van der Waals surface area contributed by atoms with Crippen LogP contribution in [0.4, 0.5) is 0 Å². The number of aryl methyl sites for hydroxylation is 1. The molecule has 122 valence electrons. The van der Waals surface area contributed by atoms with Crippen LogP contribution in [0.5, 0.6) is 0 Å². The van der Waals surface area contributed by atoms with Gasteiger partial charge in [0.2, 0.25) is 0 Å². The van der Waals surface area contributed by atoms with Gasteiger partial charge in [0, 0.05) is 6.04 Å². The lowest BCUT2D eigenvalue weighted by Gasteiger charge is -2.18. The van der Waals surface area contributed by atoms with Crippen LogP contribution in [-0.2, 0) is 10.0 Å². The van der Waals surface area contributed by atoms with Crippen molar-refractivity contribution < 1.29 is 18.3 Å². The average molecular weight is 351 g/mol. The second-order valence-electron chi connectivity index (χ2n) is 5.73. The molecule has 23 heavy (non-hydrogen) atoms. The first-order chi connectivity index (χ1) is 10.9. The summed E-state index contributed by atoms with van der Waals surface area (Å²) in [4.78, 5) is 11.2. The highest BCUT2D eigenvalue weighted by Gasteiger charge is 2.36. The van der Waals surface area contributed by atoms with Crippen molar-refractivity contribution in [1.29, 1.82) is 0 Å². The molecule has 1 unspecified atom stereocenters. The van der Waals surface area contributed by atoms with E-state index in [-0.39, 0.29) is 15.1 Å². The Bertz CT molecular complexity index is 823. The maximum Gasteiger partial charge on any atom is 0.346 e. The molecule has 0 spiro atoms. The Labute approximate surface area is 139 Å². The standard InChI is InChI=1S/C16H17NO4S2/c1-10-9-13(22-15(10)16(18)19)23(20,21)17-14(12-7-8-12)11-5-3-2-4-6-11/h2-6,9,12,14,17H,7-8H2,1H3,(H,18,19). The molecular formula is C16H17NO4S2. The van der Waals surface area contributed by atoms with Gasteiger partial charge in [-0.05, 0) is 42.9 Å². The van der Waals surface area contributed by atoms with Crippen LogP contribution >= 0.6 is 11.3 Å². The monoisotopic (exact) mass is 351 g/mol. The van der Waals surface area contributed by atoms with Gasteiger partial charge in [0.15, 0.2) is 0 Å². The Kier molecular flexibility index (Phi) is 4.27. The molecule has 1 aromatic carbocycles.